The fraction of sp³-hybridized carbons (Fsp3) is 0.833. The molecule has 0 heterocycles. The van der Waals surface area contributed by atoms with Gasteiger partial charge in [-0.2, -0.15) is 0 Å². The minimum Gasteiger partial charge on any atom is -0.393 e. The van der Waals surface area contributed by atoms with Gasteiger partial charge in [-0.05, 0) is 19.5 Å². The van der Waals surface area contributed by atoms with Crippen molar-refractivity contribution in [3.05, 3.63) is 0 Å². The molecule has 0 bridgehead atoms. The zero-order chi connectivity index (χ0) is 13.3. The van der Waals surface area contributed by atoms with E-state index in [1.54, 1.807) is 0 Å². The molecule has 0 aliphatic rings. The smallest absolute Gasteiger partial charge is 0.229 e. The average Bonchev–Trinajstić information content (AvgIpc) is 2.31. The molecule has 100 valence electrons. The summed E-state index contributed by atoms with van der Waals surface area (Å²) in [5, 5.41) is 2.90. The fourth-order valence-electron chi connectivity index (χ4n) is 1.69. The molecule has 0 aromatic carbocycles. The Balaban J connectivity index is 4.01. The number of nitrogens with zero attached hydrogens (tertiary/aromatic N) is 1. The molecule has 4 nitrogen and oxygen atoms in total. The molecule has 0 aromatic heterocycles. The molecule has 0 fully saturated rings. The highest BCUT2D eigenvalue weighted by Crippen LogP contribution is 2.06. The van der Waals surface area contributed by atoms with Crippen LogP contribution in [0.3, 0.4) is 0 Å². The van der Waals surface area contributed by atoms with Crippen molar-refractivity contribution in [2.75, 3.05) is 26.2 Å². The van der Waals surface area contributed by atoms with Crippen LogP contribution in [0.2, 0.25) is 0 Å². The Kier molecular flexibility index (Phi) is 8.99. The summed E-state index contributed by atoms with van der Waals surface area (Å²) >= 11 is 4.91. The minimum atomic E-state index is -0.313. The Bertz CT molecular complexity index is 242. The molecule has 3 N–H and O–H groups in total. The van der Waals surface area contributed by atoms with Crippen LogP contribution in [-0.2, 0) is 4.79 Å². The van der Waals surface area contributed by atoms with Crippen LogP contribution in [0.15, 0.2) is 0 Å². The van der Waals surface area contributed by atoms with Crippen LogP contribution < -0.4 is 11.1 Å². The molecular weight excluding hydrogens is 234 g/mol. The number of thiocarbonyl (C=S) groups is 1. The maximum absolute atomic E-state index is 11.8. The topological polar surface area (TPSA) is 58.4 Å². The first-order valence-electron chi connectivity index (χ1n) is 6.36. The van der Waals surface area contributed by atoms with Gasteiger partial charge in [-0.15, -0.1) is 0 Å². The summed E-state index contributed by atoms with van der Waals surface area (Å²) in [6.07, 6.45) is 1.64. The van der Waals surface area contributed by atoms with E-state index < -0.39 is 0 Å². The molecule has 0 aliphatic carbocycles. The Morgan fingerprint density at radius 3 is 2.35 bits per heavy atom. The lowest BCUT2D eigenvalue weighted by atomic mass is 10.0. The highest BCUT2D eigenvalue weighted by Gasteiger charge is 2.19. The highest BCUT2D eigenvalue weighted by atomic mass is 32.1. The van der Waals surface area contributed by atoms with Crippen LogP contribution in [0.1, 0.15) is 33.6 Å². The molecule has 0 saturated heterocycles. The van der Waals surface area contributed by atoms with Gasteiger partial charge in [-0.1, -0.05) is 39.4 Å². The summed E-state index contributed by atoms with van der Waals surface area (Å²) in [4.78, 5) is 14.4. The first kappa shape index (κ1) is 16.3. The molecule has 17 heavy (non-hydrogen) atoms. The van der Waals surface area contributed by atoms with Gasteiger partial charge in [-0.25, -0.2) is 0 Å². The van der Waals surface area contributed by atoms with E-state index in [-0.39, 0.29) is 11.8 Å². The summed E-state index contributed by atoms with van der Waals surface area (Å²) < 4.78 is 0. The van der Waals surface area contributed by atoms with Crippen molar-refractivity contribution in [3.63, 3.8) is 0 Å². The van der Waals surface area contributed by atoms with Crippen LogP contribution in [0, 0.1) is 5.92 Å². The van der Waals surface area contributed by atoms with Crippen molar-refractivity contribution in [1.82, 2.24) is 10.2 Å². The van der Waals surface area contributed by atoms with Gasteiger partial charge in [0.2, 0.25) is 5.91 Å². The second-order valence-corrected chi connectivity index (χ2v) is 4.53. The predicted molar refractivity (Wildman–Crippen MR) is 76.0 cm³/mol. The summed E-state index contributed by atoms with van der Waals surface area (Å²) in [5.74, 6) is -0.349. The third kappa shape index (κ3) is 6.58. The van der Waals surface area contributed by atoms with E-state index in [0.29, 0.717) is 11.5 Å². The summed E-state index contributed by atoms with van der Waals surface area (Å²) in [7, 11) is 0. The lowest BCUT2D eigenvalue weighted by Gasteiger charge is -2.19. The monoisotopic (exact) mass is 259 g/mol. The maximum atomic E-state index is 11.8. The number of rotatable bonds is 9. The summed E-state index contributed by atoms with van der Waals surface area (Å²) in [5.41, 5.74) is 5.57. The zero-order valence-corrected chi connectivity index (χ0v) is 12.0. The number of amides is 1. The Morgan fingerprint density at radius 1 is 1.35 bits per heavy atom. The molecule has 5 heteroatoms. The zero-order valence-electron chi connectivity index (χ0n) is 11.2. The summed E-state index contributed by atoms with van der Waals surface area (Å²) in [6, 6.07) is 0. The number of nitrogens with one attached hydrogen (secondary N) is 1. The molecule has 0 aromatic rings. The van der Waals surface area contributed by atoms with Gasteiger partial charge in [-0.3, -0.25) is 4.79 Å². The number of nitrogens with two attached hydrogens (primary N) is 1. The largest absolute Gasteiger partial charge is 0.393 e. The second-order valence-electron chi connectivity index (χ2n) is 4.06. The molecular formula is C12H25N3OS. The standard InChI is InChI=1S/C12H25N3OS/c1-4-7-10(11(13)17)12(16)14-8-9-15(5-2)6-3/h10H,4-9H2,1-3H3,(H2,13,17)(H,14,16). The number of likely N-dealkylation sites (N-methyl/N-ethyl adjacent to an activating group) is 1. The normalized spacial score (nSPS) is 12.5. The molecule has 1 atom stereocenters. The minimum absolute atomic E-state index is 0.0356. The van der Waals surface area contributed by atoms with Crippen molar-refractivity contribution in [2.24, 2.45) is 11.7 Å². The molecule has 1 unspecified atom stereocenters. The van der Waals surface area contributed by atoms with Crippen LogP contribution in [0.4, 0.5) is 0 Å². The van der Waals surface area contributed by atoms with Crippen molar-refractivity contribution in [1.29, 1.82) is 0 Å². The SMILES string of the molecule is CCCC(C(=O)NCCN(CC)CC)C(N)=S. The number of hydrogen-bond acceptors (Lipinski definition) is 3. The van der Waals surface area contributed by atoms with E-state index in [9.17, 15) is 4.79 Å². The van der Waals surface area contributed by atoms with E-state index in [2.05, 4.69) is 24.1 Å². The third-order valence-electron chi connectivity index (χ3n) is 2.86. The lowest BCUT2D eigenvalue weighted by molar-refractivity contribution is -0.123. The fourth-order valence-corrected chi connectivity index (χ4v) is 1.92. The number of carbonyl (C=O) groups excluding carboxylic acids is 1. The van der Waals surface area contributed by atoms with Crippen molar-refractivity contribution in [3.8, 4) is 0 Å². The second kappa shape index (κ2) is 9.36. The lowest BCUT2D eigenvalue weighted by Crippen LogP contribution is -2.41. The Morgan fingerprint density at radius 2 is 1.94 bits per heavy atom. The van der Waals surface area contributed by atoms with Gasteiger partial charge in [0, 0.05) is 13.1 Å². The Hall–Kier alpha value is -0.680. The molecule has 1 amide bonds. The summed E-state index contributed by atoms with van der Waals surface area (Å²) in [6.45, 7) is 9.77. The maximum Gasteiger partial charge on any atom is 0.229 e. The van der Waals surface area contributed by atoms with Gasteiger partial charge < -0.3 is 16.0 Å². The average molecular weight is 259 g/mol. The van der Waals surface area contributed by atoms with E-state index >= 15 is 0 Å². The third-order valence-corrected chi connectivity index (χ3v) is 3.14. The Labute approximate surface area is 110 Å². The van der Waals surface area contributed by atoms with Crippen molar-refractivity contribution >= 4 is 23.1 Å². The van der Waals surface area contributed by atoms with E-state index in [1.165, 1.54) is 0 Å². The molecule has 0 radical (unpaired) electrons. The number of carbonyl (C=O) groups is 1. The first-order chi connectivity index (χ1) is 8.06. The van der Waals surface area contributed by atoms with Crippen LogP contribution in [-0.4, -0.2) is 42.0 Å². The van der Waals surface area contributed by atoms with Gasteiger partial charge in [0.15, 0.2) is 0 Å². The van der Waals surface area contributed by atoms with Crippen LogP contribution in [0.5, 0.6) is 0 Å². The molecule has 0 spiro atoms. The van der Waals surface area contributed by atoms with Gasteiger partial charge in [0.05, 0.1) is 10.9 Å². The van der Waals surface area contributed by atoms with E-state index in [0.717, 1.165) is 32.5 Å². The highest BCUT2D eigenvalue weighted by molar-refractivity contribution is 7.80. The van der Waals surface area contributed by atoms with Crippen molar-refractivity contribution < 1.29 is 4.79 Å². The van der Waals surface area contributed by atoms with E-state index in [1.807, 2.05) is 6.92 Å². The van der Waals surface area contributed by atoms with Crippen LogP contribution in [0.25, 0.3) is 0 Å². The molecule has 0 saturated carbocycles. The quantitative estimate of drug-likeness (QED) is 0.610. The molecule has 0 rings (SSSR count). The first-order valence-corrected chi connectivity index (χ1v) is 6.76. The van der Waals surface area contributed by atoms with Gasteiger partial charge in [0.1, 0.15) is 0 Å². The molecule has 0 aliphatic heterocycles. The van der Waals surface area contributed by atoms with Gasteiger partial charge >= 0.3 is 0 Å². The van der Waals surface area contributed by atoms with Crippen LogP contribution >= 0.6 is 12.2 Å². The predicted octanol–water partition coefficient (Wildman–Crippen LogP) is 1.15. The van der Waals surface area contributed by atoms with E-state index in [4.69, 9.17) is 18.0 Å². The van der Waals surface area contributed by atoms with Gasteiger partial charge in [0.25, 0.3) is 0 Å². The number of hydrogen-bond donors (Lipinski definition) is 2. The van der Waals surface area contributed by atoms with Crippen molar-refractivity contribution in [2.45, 2.75) is 33.6 Å².